The number of ether oxygens (including phenoxy) is 2. The van der Waals surface area contributed by atoms with Crippen molar-refractivity contribution in [2.75, 3.05) is 73.5 Å². The molecule has 13 nitrogen and oxygen atoms in total. The van der Waals surface area contributed by atoms with E-state index in [4.69, 9.17) is 19.4 Å². The Hall–Kier alpha value is -6.13. The number of aryl methyl sites for hydroxylation is 1. The van der Waals surface area contributed by atoms with Gasteiger partial charge in [-0.2, -0.15) is 0 Å². The normalized spacial score (nSPS) is 13.4. The lowest BCUT2D eigenvalue weighted by Gasteiger charge is -2.37. The molecule has 0 atom stereocenters. The molecule has 4 heterocycles. The van der Waals surface area contributed by atoms with Crippen molar-refractivity contribution in [2.45, 2.75) is 27.2 Å². The summed E-state index contributed by atoms with van der Waals surface area (Å²) in [6.07, 6.45) is 5.54. The summed E-state index contributed by atoms with van der Waals surface area (Å²) in [6.45, 7) is 10.0. The van der Waals surface area contributed by atoms with Crippen molar-refractivity contribution in [1.82, 2.24) is 24.3 Å². The Labute approximate surface area is 342 Å². The van der Waals surface area contributed by atoms with Gasteiger partial charge in [0.15, 0.2) is 0 Å². The van der Waals surface area contributed by atoms with E-state index in [0.29, 0.717) is 58.8 Å². The molecule has 1 saturated heterocycles. The third-order valence-corrected chi connectivity index (χ3v) is 11.0. The molecule has 3 aromatic heterocycles. The van der Waals surface area contributed by atoms with Gasteiger partial charge < -0.3 is 25.0 Å². The van der Waals surface area contributed by atoms with Crippen LogP contribution in [0, 0.1) is 11.6 Å². The number of nitrogens with zero attached hydrogens (tertiary/aromatic N) is 6. The predicted molar refractivity (Wildman–Crippen MR) is 226 cm³/mol. The van der Waals surface area contributed by atoms with Crippen molar-refractivity contribution in [3.05, 3.63) is 108 Å². The molecule has 6 aromatic rings. The molecule has 0 unspecified atom stereocenters. The van der Waals surface area contributed by atoms with Crippen molar-refractivity contribution in [1.29, 1.82) is 0 Å². The maximum absolute atomic E-state index is 14.6. The molecule has 0 spiro atoms. The van der Waals surface area contributed by atoms with Crippen LogP contribution in [0.2, 0.25) is 0 Å². The number of anilines is 4. The fourth-order valence-electron chi connectivity index (χ4n) is 7.12. The number of hydrogen-bond donors (Lipinski definition) is 2. The molecule has 308 valence electrons. The lowest BCUT2D eigenvalue weighted by Crippen LogP contribution is -2.47. The van der Waals surface area contributed by atoms with Gasteiger partial charge in [0.1, 0.15) is 44.3 Å². The highest BCUT2D eigenvalue weighted by molar-refractivity contribution is 7.90. The van der Waals surface area contributed by atoms with Crippen LogP contribution in [0.1, 0.15) is 36.7 Å². The van der Waals surface area contributed by atoms with Crippen molar-refractivity contribution in [3.8, 4) is 34.1 Å². The van der Waals surface area contributed by atoms with Crippen molar-refractivity contribution in [2.24, 2.45) is 0 Å². The summed E-state index contributed by atoms with van der Waals surface area (Å²) in [5.41, 5.74) is 5.18. The van der Waals surface area contributed by atoms with Crippen molar-refractivity contribution in [3.63, 3.8) is 0 Å². The molecular weight excluding hydrogens is 779 g/mol. The van der Waals surface area contributed by atoms with Crippen molar-refractivity contribution < 1.29 is 31.5 Å². The Kier molecular flexibility index (Phi) is 12.4. The van der Waals surface area contributed by atoms with E-state index in [2.05, 4.69) is 38.4 Å². The highest BCUT2D eigenvalue weighted by atomic mass is 32.2. The molecule has 0 radical (unpaired) electrons. The number of amides is 1. The third kappa shape index (κ3) is 9.29. The number of carbonyl (C=O) groups is 1. The fraction of sp³-hybridized carbons (Fsp3) is 0.302. The Morgan fingerprint density at radius 3 is 2.32 bits per heavy atom. The Balaban J connectivity index is 1.21. The van der Waals surface area contributed by atoms with Gasteiger partial charge in [-0.15, -0.1) is 0 Å². The van der Waals surface area contributed by atoms with Gasteiger partial charge in [-0.05, 0) is 80.4 Å². The largest absolute Gasteiger partial charge is 0.493 e. The smallest absolute Gasteiger partial charge is 0.259 e. The Morgan fingerprint density at radius 1 is 0.864 bits per heavy atom. The average molecular weight is 825 g/mol. The van der Waals surface area contributed by atoms with E-state index in [1.807, 2.05) is 41.8 Å². The van der Waals surface area contributed by atoms with Crippen LogP contribution in [0.3, 0.4) is 0 Å². The molecule has 3 aromatic carbocycles. The molecule has 7 rings (SSSR count). The highest BCUT2D eigenvalue weighted by Crippen LogP contribution is 2.38. The lowest BCUT2D eigenvalue weighted by atomic mass is 10.0. The second kappa shape index (κ2) is 17.8. The minimum atomic E-state index is -3.03. The topological polar surface area (TPSA) is 143 Å². The van der Waals surface area contributed by atoms with Crippen LogP contribution in [0.15, 0.2) is 85.2 Å². The van der Waals surface area contributed by atoms with Gasteiger partial charge in [0.25, 0.3) is 5.91 Å². The molecule has 2 N–H and O–H groups in total. The SMILES string of the molecule is CCOc1cc(N2CCN(CCS(C)(=O)=O)CC2)c(CC)cc1Nc1nccc(-c2c(-c3ccc(OCC)c(C(=O)Nc4c(F)cccc4F)c3)nc3ccccn23)n1. The maximum atomic E-state index is 14.6. The second-order valence-corrected chi connectivity index (χ2v) is 16.3. The standard InChI is InChI=1S/C43H46F2N8O5S/c1-5-28-26-34(37(58-7-3)27-35(28)52-21-19-51(20-22-52)23-24-59(4,55)56)48-43-46-17-16-33(47-43)41-39(49-38-13-8-9-18-53(38)41)29-14-15-36(57-6-2)30(25-29)42(54)50-40-31(44)11-10-12-32(40)45/h8-18,25-27H,5-7,19-24H2,1-4H3,(H,50,54)(H,46,47,48). The molecule has 0 bridgehead atoms. The minimum absolute atomic E-state index is 0.0625. The minimum Gasteiger partial charge on any atom is -0.493 e. The first-order chi connectivity index (χ1) is 28.5. The maximum Gasteiger partial charge on any atom is 0.259 e. The number of benzene rings is 3. The van der Waals surface area contributed by atoms with Crippen molar-refractivity contribution >= 4 is 44.4 Å². The molecule has 1 aliphatic rings. The summed E-state index contributed by atoms with van der Waals surface area (Å²) in [6, 6.07) is 19.8. The molecule has 1 aliphatic heterocycles. The summed E-state index contributed by atoms with van der Waals surface area (Å²) in [5, 5.41) is 5.77. The van der Waals surface area contributed by atoms with Crippen LogP contribution in [0.25, 0.3) is 28.3 Å². The van der Waals surface area contributed by atoms with Gasteiger partial charge in [-0.3, -0.25) is 14.1 Å². The average Bonchev–Trinajstić information content (AvgIpc) is 3.62. The van der Waals surface area contributed by atoms with E-state index in [9.17, 15) is 22.0 Å². The first-order valence-corrected chi connectivity index (χ1v) is 21.6. The van der Waals surface area contributed by atoms with Crippen LogP contribution in [0.4, 0.5) is 31.8 Å². The third-order valence-electron chi connectivity index (χ3n) is 10.0. The molecule has 0 aliphatic carbocycles. The quantitative estimate of drug-likeness (QED) is 0.108. The summed E-state index contributed by atoms with van der Waals surface area (Å²) in [7, 11) is -3.03. The number of halogens is 2. The summed E-state index contributed by atoms with van der Waals surface area (Å²) in [4.78, 5) is 32.6. The molecular formula is C43H46F2N8O5S. The zero-order chi connectivity index (χ0) is 41.7. The number of fused-ring (bicyclic) bond motifs is 1. The molecule has 16 heteroatoms. The van der Waals surface area contributed by atoms with Gasteiger partial charge in [0.2, 0.25) is 5.95 Å². The number of aromatic nitrogens is 4. The monoisotopic (exact) mass is 824 g/mol. The van der Waals surface area contributed by atoms with Crippen LogP contribution in [-0.2, 0) is 16.3 Å². The summed E-state index contributed by atoms with van der Waals surface area (Å²) in [5.74, 6) is -1.24. The molecule has 1 amide bonds. The number of sulfone groups is 1. The first kappa shape index (κ1) is 41.0. The molecule has 1 fully saturated rings. The first-order valence-electron chi connectivity index (χ1n) is 19.5. The zero-order valence-electron chi connectivity index (χ0n) is 33.3. The van der Waals surface area contributed by atoms with Crippen LogP contribution >= 0.6 is 0 Å². The summed E-state index contributed by atoms with van der Waals surface area (Å²) < 4.78 is 66.4. The Morgan fingerprint density at radius 2 is 1.61 bits per heavy atom. The van der Waals surface area contributed by atoms with E-state index in [-0.39, 0.29) is 23.7 Å². The van der Waals surface area contributed by atoms with E-state index < -0.39 is 33.1 Å². The van der Waals surface area contributed by atoms with Crippen LogP contribution < -0.4 is 25.0 Å². The van der Waals surface area contributed by atoms with Gasteiger partial charge in [-0.25, -0.2) is 32.2 Å². The number of carbonyl (C=O) groups excluding carboxylic acids is 1. The number of pyridine rings is 1. The molecule has 0 saturated carbocycles. The van der Waals surface area contributed by atoms with Gasteiger partial charge in [0, 0.05) is 68.7 Å². The Bertz CT molecular complexity index is 2580. The summed E-state index contributed by atoms with van der Waals surface area (Å²) >= 11 is 0. The van der Waals surface area contributed by atoms with E-state index >= 15 is 0 Å². The van der Waals surface area contributed by atoms with Crippen LogP contribution in [0.5, 0.6) is 11.5 Å². The second-order valence-electron chi connectivity index (χ2n) is 14.0. The van der Waals surface area contributed by atoms with Gasteiger partial charge in [0.05, 0.1) is 47.3 Å². The number of imidazole rings is 1. The highest BCUT2D eigenvalue weighted by Gasteiger charge is 2.25. The van der Waals surface area contributed by atoms with E-state index in [1.165, 1.54) is 12.3 Å². The number of para-hydroxylation sites is 1. The lowest BCUT2D eigenvalue weighted by molar-refractivity contribution is 0.102. The fourth-order valence-corrected chi connectivity index (χ4v) is 7.71. The molecule has 59 heavy (non-hydrogen) atoms. The predicted octanol–water partition coefficient (Wildman–Crippen LogP) is 7.26. The number of rotatable bonds is 15. The van der Waals surface area contributed by atoms with Crippen LogP contribution in [-0.4, -0.2) is 96.5 Å². The number of piperazine rings is 1. The number of nitrogens with one attached hydrogen (secondary N) is 2. The van der Waals surface area contributed by atoms with E-state index in [1.54, 1.807) is 37.4 Å². The number of hydrogen-bond acceptors (Lipinski definition) is 11. The van der Waals surface area contributed by atoms with Gasteiger partial charge in [-0.1, -0.05) is 19.1 Å². The van der Waals surface area contributed by atoms with Gasteiger partial charge >= 0.3 is 0 Å². The van der Waals surface area contributed by atoms with E-state index in [0.717, 1.165) is 56.0 Å². The zero-order valence-corrected chi connectivity index (χ0v) is 34.2.